The smallest absolute Gasteiger partial charge is 0.184 e. The normalized spacial score (nSPS) is 8.75. The van der Waals surface area contributed by atoms with Crippen molar-refractivity contribution >= 4 is 30.0 Å². The lowest BCUT2D eigenvalue weighted by Crippen LogP contribution is -1.84. The zero-order chi connectivity index (χ0) is 6.57. The third-order valence-electron chi connectivity index (χ3n) is 0.627. The zero-order valence-corrected chi connectivity index (χ0v) is 6.92. The number of hydrogen-bond donors (Lipinski definition) is 0. The first-order valence-electron chi connectivity index (χ1n) is 2.29. The topological polar surface area (TPSA) is 34.1 Å². The maximum atomic E-state index is 10.0. The summed E-state index contributed by atoms with van der Waals surface area (Å²) >= 11 is 2.91. The number of hydrogen-bond acceptors (Lipinski definition) is 2. The van der Waals surface area contributed by atoms with Gasteiger partial charge < -0.3 is 0 Å². The van der Waals surface area contributed by atoms with Gasteiger partial charge in [0.15, 0.2) is 0 Å². The molecule has 0 atom stereocenters. The van der Waals surface area contributed by atoms with Crippen molar-refractivity contribution < 1.29 is 8.42 Å². The molecule has 0 saturated heterocycles. The highest BCUT2D eigenvalue weighted by molar-refractivity contribution is 9.19. The van der Waals surface area contributed by atoms with Crippen LogP contribution >= 0.6 is 15.9 Å². The highest BCUT2D eigenvalue weighted by Gasteiger charge is 1.89. The van der Waals surface area contributed by atoms with Crippen molar-refractivity contribution in [2.75, 3.05) is 0 Å². The van der Waals surface area contributed by atoms with Gasteiger partial charge in [-0.1, -0.05) is 13.3 Å². The molecule has 8 heavy (non-hydrogen) atoms. The van der Waals surface area contributed by atoms with E-state index in [2.05, 4.69) is 15.9 Å². The Balaban J connectivity index is 4.03. The third kappa shape index (κ3) is 3.21. The molecule has 0 N–H and O–H groups in total. The van der Waals surface area contributed by atoms with Gasteiger partial charge in [0, 0.05) is 0 Å². The molecule has 0 rings (SSSR count). The standard InChI is InChI=1S/C4H7BrO2S/c1-2-3-4(5)8(6)7/h2-3H2,1H3. The molecule has 4 heteroatoms. The molecule has 0 aliphatic rings. The molecule has 0 fully saturated rings. The fourth-order valence-electron chi connectivity index (χ4n) is 0.280. The van der Waals surface area contributed by atoms with Gasteiger partial charge in [-0.15, -0.1) is 0 Å². The van der Waals surface area contributed by atoms with E-state index < -0.39 is 10.3 Å². The molecular weight excluding hydrogens is 192 g/mol. The van der Waals surface area contributed by atoms with E-state index in [0.717, 1.165) is 6.42 Å². The summed E-state index contributed by atoms with van der Waals surface area (Å²) in [4.78, 5) is 0. The van der Waals surface area contributed by atoms with E-state index in [9.17, 15) is 8.42 Å². The van der Waals surface area contributed by atoms with Gasteiger partial charge in [0.05, 0.1) is 0 Å². The van der Waals surface area contributed by atoms with Crippen molar-refractivity contribution in [1.82, 2.24) is 0 Å². The Labute approximate surface area is 58.6 Å². The van der Waals surface area contributed by atoms with Gasteiger partial charge >= 0.3 is 0 Å². The summed E-state index contributed by atoms with van der Waals surface area (Å²) < 4.78 is 20.4. The first-order valence-corrected chi connectivity index (χ1v) is 4.16. The highest BCUT2D eigenvalue weighted by Crippen LogP contribution is 1.95. The minimum Gasteiger partial charge on any atom is -0.184 e. The van der Waals surface area contributed by atoms with Gasteiger partial charge in [-0.2, -0.15) is 8.42 Å². The molecule has 0 bridgehead atoms. The van der Waals surface area contributed by atoms with Crippen LogP contribution in [0.2, 0.25) is 0 Å². The molecule has 0 spiro atoms. The highest BCUT2D eigenvalue weighted by atomic mass is 79.9. The lowest BCUT2D eigenvalue weighted by Gasteiger charge is -1.82. The van der Waals surface area contributed by atoms with Crippen LogP contribution in [0.25, 0.3) is 0 Å². The van der Waals surface area contributed by atoms with Crippen LogP contribution in [0.3, 0.4) is 0 Å². The first-order chi connectivity index (χ1) is 3.68. The second-order valence-electron chi connectivity index (χ2n) is 1.34. The van der Waals surface area contributed by atoms with Crippen molar-refractivity contribution in [3.8, 4) is 0 Å². The molecule has 2 nitrogen and oxygen atoms in total. The minimum absolute atomic E-state index is 0.361. The average molecular weight is 199 g/mol. The van der Waals surface area contributed by atoms with E-state index in [0.29, 0.717) is 10.2 Å². The Kier molecular flexibility index (Phi) is 4.18. The second kappa shape index (κ2) is 4.09. The van der Waals surface area contributed by atoms with Crippen LogP contribution in [0.15, 0.2) is 0 Å². The minimum atomic E-state index is -2.03. The Hall–Kier alpha value is 0.170. The summed E-state index contributed by atoms with van der Waals surface area (Å²) in [7, 11) is -2.03. The van der Waals surface area contributed by atoms with Gasteiger partial charge in [0.2, 0.25) is 10.3 Å². The third-order valence-corrected chi connectivity index (χ3v) is 2.38. The lowest BCUT2D eigenvalue weighted by molar-refractivity contribution is 0.627. The molecule has 0 aromatic rings. The van der Waals surface area contributed by atoms with E-state index in [1.807, 2.05) is 6.92 Å². The molecule has 0 aromatic heterocycles. The summed E-state index contributed by atoms with van der Waals surface area (Å²) in [5.41, 5.74) is 0. The molecule has 0 aromatic carbocycles. The Morgan fingerprint density at radius 3 is 2.25 bits per heavy atom. The fourth-order valence-corrected chi connectivity index (χ4v) is 1.05. The number of rotatable bonds is 2. The first kappa shape index (κ1) is 8.17. The Bertz CT molecular complexity index is 172. The van der Waals surface area contributed by atoms with Gasteiger partial charge in [-0.3, -0.25) is 0 Å². The molecular formula is C4H7BrO2S. The van der Waals surface area contributed by atoms with Crippen LogP contribution in [0.5, 0.6) is 0 Å². The molecule has 48 valence electrons. The van der Waals surface area contributed by atoms with Crippen molar-refractivity contribution in [3.63, 3.8) is 0 Å². The van der Waals surface area contributed by atoms with Gasteiger partial charge in [0.25, 0.3) is 0 Å². The number of halogens is 1. The summed E-state index contributed by atoms with van der Waals surface area (Å²) in [6.07, 6.45) is 1.46. The molecule has 0 unspecified atom stereocenters. The Morgan fingerprint density at radius 1 is 1.62 bits per heavy atom. The van der Waals surface area contributed by atoms with Crippen molar-refractivity contribution in [3.05, 3.63) is 0 Å². The molecule has 0 saturated carbocycles. The van der Waals surface area contributed by atoms with Gasteiger partial charge in [-0.05, 0) is 22.4 Å². The van der Waals surface area contributed by atoms with Crippen LogP contribution in [0.4, 0.5) is 0 Å². The van der Waals surface area contributed by atoms with Crippen molar-refractivity contribution in [2.45, 2.75) is 19.8 Å². The van der Waals surface area contributed by atoms with Gasteiger partial charge in [-0.25, -0.2) is 0 Å². The summed E-state index contributed by atoms with van der Waals surface area (Å²) in [5, 5.41) is 0. The fraction of sp³-hybridized carbons (Fsp3) is 0.750. The van der Waals surface area contributed by atoms with Gasteiger partial charge in [0.1, 0.15) is 3.77 Å². The van der Waals surface area contributed by atoms with E-state index in [1.165, 1.54) is 0 Å². The molecule has 0 heterocycles. The predicted octanol–water partition coefficient (Wildman–Crippen LogP) is 1.19. The summed E-state index contributed by atoms with van der Waals surface area (Å²) in [6, 6.07) is 0. The summed E-state index contributed by atoms with van der Waals surface area (Å²) in [6.45, 7) is 1.92. The quantitative estimate of drug-likeness (QED) is 0.494. The van der Waals surface area contributed by atoms with Crippen LogP contribution in [-0.4, -0.2) is 12.2 Å². The monoisotopic (exact) mass is 198 g/mol. The predicted molar refractivity (Wildman–Crippen MR) is 37.8 cm³/mol. The van der Waals surface area contributed by atoms with Crippen molar-refractivity contribution in [2.24, 2.45) is 0 Å². The molecule has 0 aliphatic carbocycles. The maximum Gasteiger partial charge on any atom is 0.224 e. The zero-order valence-electron chi connectivity index (χ0n) is 4.52. The second-order valence-corrected chi connectivity index (χ2v) is 3.78. The lowest BCUT2D eigenvalue weighted by atomic mass is 10.4. The molecule has 0 radical (unpaired) electrons. The van der Waals surface area contributed by atoms with Crippen molar-refractivity contribution in [1.29, 1.82) is 0 Å². The molecule has 0 amide bonds. The van der Waals surface area contributed by atoms with Crippen LogP contribution in [0, 0.1) is 0 Å². The van der Waals surface area contributed by atoms with Crippen LogP contribution in [-0.2, 0) is 10.3 Å². The summed E-state index contributed by atoms with van der Waals surface area (Å²) in [5.74, 6) is 0. The Morgan fingerprint density at radius 2 is 2.12 bits per heavy atom. The molecule has 0 aliphatic heterocycles. The van der Waals surface area contributed by atoms with Crippen LogP contribution in [0.1, 0.15) is 19.8 Å². The van der Waals surface area contributed by atoms with E-state index in [1.54, 1.807) is 0 Å². The van der Waals surface area contributed by atoms with E-state index in [4.69, 9.17) is 0 Å². The average Bonchev–Trinajstić information content (AvgIpc) is 1.67. The largest absolute Gasteiger partial charge is 0.224 e. The van der Waals surface area contributed by atoms with Crippen LogP contribution < -0.4 is 0 Å². The van der Waals surface area contributed by atoms with E-state index in [-0.39, 0.29) is 0 Å². The SMILES string of the molecule is CCCC(Br)=S(=O)=O. The van der Waals surface area contributed by atoms with E-state index >= 15 is 0 Å². The maximum absolute atomic E-state index is 10.0.